The Bertz CT molecular complexity index is 13.6. The van der Waals surface area contributed by atoms with Crippen molar-refractivity contribution >= 4 is 0 Å². The molecule has 0 fully saturated rings. The van der Waals surface area contributed by atoms with Crippen LogP contribution < -0.4 is 43.5 Å². The summed E-state index contributed by atoms with van der Waals surface area (Å²) < 4.78 is 25.2. The molecule has 0 radical (unpaired) electrons. The Morgan fingerprint density at radius 1 is 0.667 bits per heavy atom. The summed E-state index contributed by atoms with van der Waals surface area (Å²) in [5.74, 6) is 0. The predicted molar refractivity (Wildman–Crippen MR) is 14.5 cm³/mol. The van der Waals surface area contributed by atoms with Crippen molar-refractivity contribution in [1.82, 2.24) is 0 Å². The van der Waals surface area contributed by atoms with Crippen molar-refractivity contribution in [2.75, 3.05) is 0 Å². The largest absolute Gasteiger partial charge is 1.00 e. The second kappa shape index (κ2) is 36.0. The first-order chi connectivity index (χ1) is 1.73. The molecule has 9 heteroatoms. The van der Waals surface area contributed by atoms with Crippen LogP contribution in [-0.2, 0) is 0 Å². The smallest absolute Gasteiger partial charge is 0.412 e. The van der Waals surface area contributed by atoms with Gasteiger partial charge in [-0.25, -0.2) is 0 Å². The van der Waals surface area contributed by atoms with Crippen LogP contribution in [0.15, 0.2) is 0 Å². The maximum atomic E-state index is 8.41. The molecule has 0 aliphatic rings. The van der Waals surface area contributed by atoms with Crippen LogP contribution in [-0.4, -0.2) is 21.9 Å². The normalized spacial score (nSPS) is 4.00. The van der Waals surface area contributed by atoms with E-state index in [1.165, 1.54) is 0 Å². The second-order valence-electron chi connectivity index (χ2n) is 0.189. The average molecular weight is 178 g/mol. The first-order valence-corrected chi connectivity index (χ1v) is 1.39. The van der Waals surface area contributed by atoms with Crippen molar-refractivity contribution in [2.45, 2.75) is 0 Å². The van der Waals surface area contributed by atoms with E-state index in [9.17, 15) is 0 Å². The molecule has 0 aromatic carbocycles. The summed E-state index contributed by atoms with van der Waals surface area (Å²) >= 11 is 0. The second-order valence-corrected chi connectivity index (χ2v) is 0.567. The van der Waals surface area contributed by atoms with Crippen LogP contribution in [0, 0.1) is 10.8 Å². The first kappa shape index (κ1) is 50.5. The van der Waals surface area contributed by atoms with E-state index in [1.54, 1.807) is 0 Å². The predicted octanol–water partition coefficient (Wildman–Crippen LogP) is -9.86. The van der Waals surface area contributed by atoms with Crippen LogP contribution in [0.4, 0.5) is 0 Å². The van der Waals surface area contributed by atoms with Crippen LogP contribution in [0.3, 0.4) is 0 Å². The molecule has 8 N–H and O–H groups in total. The molecule has 0 saturated carbocycles. The molecule has 0 saturated heterocycles. The Hall–Kier alpha value is 1.01. The molecule has 0 aromatic rings. The van der Waals surface area contributed by atoms with Gasteiger partial charge in [0.05, 0.1) is 10.8 Å². The summed E-state index contributed by atoms with van der Waals surface area (Å²) in [5.41, 5.74) is 0. The number of halogens is 1. The van der Waals surface area contributed by atoms with Gasteiger partial charge in [0.1, 0.15) is 0 Å². The molecular formula is H8ClNaO7. The molecule has 0 atom stereocenters. The molecule has 0 spiro atoms. The third-order valence-electron chi connectivity index (χ3n) is 0. The summed E-state index contributed by atoms with van der Waals surface area (Å²) in [6, 6.07) is 0. The summed E-state index contributed by atoms with van der Waals surface area (Å²) in [7, 11) is -2.85. The molecular weight excluding hydrogens is 170 g/mol. The molecule has 0 aliphatic heterocycles. The van der Waals surface area contributed by atoms with E-state index in [4.69, 9.17) is 14.0 Å². The van der Waals surface area contributed by atoms with Gasteiger partial charge in [0.2, 0.25) is 0 Å². The fraction of sp³-hybridized carbons (Fsp3) is 0. The molecule has 0 aliphatic carbocycles. The molecule has 0 unspecified atom stereocenters. The van der Waals surface area contributed by atoms with Crippen molar-refractivity contribution in [3.8, 4) is 0 Å². The first-order valence-electron chi connectivity index (χ1n) is 0.463. The topological polar surface area (TPSA) is 195 Å². The van der Waals surface area contributed by atoms with E-state index in [0.717, 1.165) is 0 Å². The molecule has 0 amide bonds. The SMILES string of the molecule is O.O.O.O.[Na+].[O-][Cl+2]([O-])[O-]. The van der Waals surface area contributed by atoms with E-state index in [0.29, 0.717) is 0 Å². The van der Waals surface area contributed by atoms with Crippen LogP contribution in [0.1, 0.15) is 0 Å². The minimum atomic E-state index is -2.85. The molecule has 0 bridgehead atoms. The van der Waals surface area contributed by atoms with Crippen LogP contribution in [0.2, 0.25) is 0 Å². The maximum absolute atomic E-state index is 8.41. The van der Waals surface area contributed by atoms with Gasteiger partial charge >= 0.3 is 29.6 Å². The average Bonchev–Trinajstić information content (AvgIpc) is 0.811. The van der Waals surface area contributed by atoms with Gasteiger partial charge in [-0.05, 0) is 0 Å². The Labute approximate surface area is 76.2 Å². The van der Waals surface area contributed by atoms with Crippen LogP contribution in [0.25, 0.3) is 0 Å². The molecule has 0 heterocycles. The van der Waals surface area contributed by atoms with Gasteiger partial charge in [-0.15, -0.1) is 0 Å². The minimum absolute atomic E-state index is 0. The van der Waals surface area contributed by atoms with Gasteiger partial charge in [-0.1, -0.05) is 0 Å². The van der Waals surface area contributed by atoms with Crippen molar-refractivity contribution in [3.05, 3.63) is 0 Å². The fourth-order valence-electron chi connectivity index (χ4n) is 0. The van der Waals surface area contributed by atoms with E-state index < -0.39 is 10.8 Å². The quantitative estimate of drug-likeness (QED) is 0.333. The number of hydrogen-bond acceptors (Lipinski definition) is 3. The molecule has 0 rings (SSSR count). The Morgan fingerprint density at radius 3 is 0.667 bits per heavy atom. The van der Waals surface area contributed by atoms with E-state index in [2.05, 4.69) is 0 Å². The monoisotopic (exact) mass is 178 g/mol. The summed E-state index contributed by atoms with van der Waals surface area (Å²) in [5, 5.41) is 0. The molecule has 58 valence electrons. The van der Waals surface area contributed by atoms with Gasteiger partial charge in [0.25, 0.3) is 0 Å². The third-order valence-corrected chi connectivity index (χ3v) is 0. The van der Waals surface area contributed by atoms with E-state index in [-0.39, 0.29) is 51.5 Å². The number of rotatable bonds is 0. The van der Waals surface area contributed by atoms with E-state index in [1.807, 2.05) is 0 Å². The van der Waals surface area contributed by atoms with Crippen molar-refractivity contribution in [1.29, 1.82) is 0 Å². The summed E-state index contributed by atoms with van der Waals surface area (Å²) in [6.07, 6.45) is 0. The minimum Gasteiger partial charge on any atom is -0.412 e. The summed E-state index contributed by atoms with van der Waals surface area (Å²) in [6.45, 7) is 0. The van der Waals surface area contributed by atoms with Crippen molar-refractivity contribution in [2.24, 2.45) is 0 Å². The molecule has 0 aromatic heterocycles. The van der Waals surface area contributed by atoms with E-state index >= 15 is 0 Å². The Balaban J connectivity index is -0.00000000450. The summed E-state index contributed by atoms with van der Waals surface area (Å²) in [4.78, 5) is 0. The molecule has 9 heavy (non-hydrogen) atoms. The van der Waals surface area contributed by atoms with Gasteiger partial charge < -0.3 is 35.9 Å². The van der Waals surface area contributed by atoms with Gasteiger partial charge in [-0.3, -0.25) is 0 Å². The van der Waals surface area contributed by atoms with Crippen LogP contribution in [0.5, 0.6) is 0 Å². The molecule has 7 nitrogen and oxygen atoms in total. The zero-order valence-electron chi connectivity index (χ0n) is 4.60. The Kier molecular flexibility index (Phi) is 202. The zero-order valence-corrected chi connectivity index (χ0v) is 7.36. The van der Waals surface area contributed by atoms with Gasteiger partial charge in [-0.2, -0.15) is 0 Å². The third kappa shape index (κ3) is 434. The van der Waals surface area contributed by atoms with Gasteiger partial charge in [0.15, 0.2) is 0 Å². The fourth-order valence-corrected chi connectivity index (χ4v) is 0. The number of hydrogen-bond donors (Lipinski definition) is 0. The van der Waals surface area contributed by atoms with Gasteiger partial charge in [0, 0.05) is 0 Å². The Morgan fingerprint density at radius 2 is 0.667 bits per heavy atom. The van der Waals surface area contributed by atoms with Crippen LogP contribution >= 0.6 is 0 Å². The maximum Gasteiger partial charge on any atom is 1.00 e. The zero-order chi connectivity index (χ0) is 3.58. The van der Waals surface area contributed by atoms with Crippen molar-refractivity contribution in [3.63, 3.8) is 0 Å². The standard InChI is InChI=1S/ClO3.Na.4H2O/c2-1(3)4;;;;;/h;;4*1H2/q-1;+1;;;;. The van der Waals surface area contributed by atoms with Crippen molar-refractivity contribution < 1.29 is 76.2 Å².